The maximum Gasteiger partial charge on any atom is 0.251 e. The number of aromatic nitrogens is 4. The molecule has 0 amide bonds. The highest BCUT2D eigenvalue weighted by Gasteiger charge is 2.35. The van der Waals surface area contributed by atoms with Gasteiger partial charge in [-0.3, -0.25) is 4.79 Å². The maximum absolute atomic E-state index is 12.6. The Labute approximate surface area is 155 Å². The van der Waals surface area contributed by atoms with Gasteiger partial charge in [0.2, 0.25) is 10.0 Å². The van der Waals surface area contributed by atoms with Gasteiger partial charge in [0.1, 0.15) is 12.4 Å². The number of rotatable bonds is 6. The number of imidazole rings is 1. The third-order valence-corrected chi connectivity index (χ3v) is 6.19. The second kappa shape index (κ2) is 6.87. The molecule has 10 heteroatoms. The summed E-state index contributed by atoms with van der Waals surface area (Å²) in [4.78, 5) is 25.9. The number of benzene rings is 1. The van der Waals surface area contributed by atoms with E-state index in [1.165, 1.54) is 25.6 Å². The molecule has 0 atom stereocenters. The van der Waals surface area contributed by atoms with Gasteiger partial charge in [-0.1, -0.05) is 0 Å². The third-order valence-electron chi connectivity index (χ3n) is 4.67. The fraction of sp³-hybridized carbons (Fsp3) is 0.353. The third kappa shape index (κ3) is 3.64. The Bertz CT molecular complexity index is 1130. The molecule has 0 bridgehead atoms. The summed E-state index contributed by atoms with van der Waals surface area (Å²) in [6.07, 6.45) is 2.71. The summed E-state index contributed by atoms with van der Waals surface area (Å²) in [6, 6.07) is 6.04. The zero-order valence-corrected chi connectivity index (χ0v) is 15.4. The van der Waals surface area contributed by atoms with Crippen LogP contribution in [-0.4, -0.2) is 41.5 Å². The van der Waals surface area contributed by atoms with E-state index in [4.69, 9.17) is 4.74 Å². The van der Waals surface area contributed by atoms with Crippen LogP contribution in [0.15, 0.2) is 40.3 Å². The van der Waals surface area contributed by atoms with Crippen LogP contribution < -0.4 is 10.3 Å². The molecule has 0 saturated heterocycles. The fourth-order valence-corrected chi connectivity index (χ4v) is 4.56. The smallest absolute Gasteiger partial charge is 0.251 e. The monoisotopic (exact) mass is 389 g/mol. The summed E-state index contributed by atoms with van der Waals surface area (Å²) in [5.41, 5.74) is 1.82. The lowest BCUT2D eigenvalue weighted by atomic mass is 9.78. The number of H-pyrrole nitrogens is 2. The molecule has 9 nitrogen and oxygen atoms in total. The van der Waals surface area contributed by atoms with Gasteiger partial charge in [-0.25, -0.2) is 23.1 Å². The van der Waals surface area contributed by atoms with Crippen LogP contribution in [0.4, 0.5) is 0 Å². The Morgan fingerprint density at radius 2 is 2.11 bits per heavy atom. The van der Waals surface area contributed by atoms with Crippen molar-refractivity contribution in [2.24, 2.45) is 0 Å². The van der Waals surface area contributed by atoms with Crippen molar-refractivity contribution in [1.29, 1.82) is 0 Å². The van der Waals surface area contributed by atoms with Gasteiger partial charge in [-0.05, 0) is 31.0 Å². The molecule has 2 heterocycles. The Morgan fingerprint density at radius 3 is 2.89 bits per heavy atom. The number of methoxy groups -OCH3 is 1. The van der Waals surface area contributed by atoms with Crippen LogP contribution in [0, 0.1) is 0 Å². The molecule has 3 aromatic rings. The average Bonchev–Trinajstić information content (AvgIpc) is 3.05. The van der Waals surface area contributed by atoms with Crippen molar-refractivity contribution in [3.8, 4) is 0 Å². The normalized spacial score (nSPS) is 19.9. The number of fused-ring (bicyclic) bond motifs is 1. The summed E-state index contributed by atoms with van der Waals surface area (Å²) < 4.78 is 32.9. The van der Waals surface area contributed by atoms with E-state index in [0.717, 1.165) is 0 Å². The molecule has 0 unspecified atom stereocenters. The van der Waals surface area contributed by atoms with Crippen LogP contribution in [0.3, 0.4) is 0 Å². The largest absolute Gasteiger partial charge is 0.377 e. The minimum absolute atomic E-state index is 0.0469. The summed E-state index contributed by atoms with van der Waals surface area (Å²) in [5, 5.41) is 0. The molecule has 0 radical (unpaired) electrons. The van der Waals surface area contributed by atoms with Crippen LogP contribution in [0.2, 0.25) is 0 Å². The van der Waals surface area contributed by atoms with Crippen LogP contribution in [0.5, 0.6) is 0 Å². The van der Waals surface area contributed by atoms with E-state index in [1.807, 2.05) is 0 Å². The van der Waals surface area contributed by atoms with Gasteiger partial charge >= 0.3 is 0 Å². The predicted molar refractivity (Wildman–Crippen MR) is 97.7 cm³/mol. The Kier molecular flexibility index (Phi) is 4.54. The minimum atomic E-state index is -3.63. The topological polar surface area (TPSA) is 130 Å². The van der Waals surface area contributed by atoms with Gasteiger partial charge in [-0.15, -0.1) is 0 Å². The number of hydrogen-bond donors (Lipinski definition) is 3. The number of nitrogens with one attached hydrogen (secondary N) is 3. The van der Waals surface area contributed by atoms with Crippen molar-refractivity contribution in [2.75, 3.05) is 7.11 Å². The Hall–Kier alpha value is -2.56. The second-order valence-corrected chi connectivity index (χ2v) is 8.33. The summed E-state index contributed by atoms with van der Waals surface area (Å²) in [5.74, 6) is 0.516. The Balaban J connectivity index is 1.44. The number of sulfonamides is 1. The molecule has 2 aromatic heterocycles. The van der Waals surface area contributed by atoms with Crippen LogP contribution in [0.1, 0.15) is 30.3 Å². The first-order valence-corrected chi connectivity index (χ1v) is 9.97. The molecule has 1 aliphatic rings. The number of hydrogen-bond acceptors (Lipinski definition) is 6. The summed E-state index contributed by atoms with van der Waals surface area (Å²) in [7, 11) is -2.10. The van der Waals surface area contributed by atoms with Crippen LogP contribution >= 0.6 is 0 Å². The molecular weight excluding hydrogens is 370 g/mol. The van der Waals surface area contributed by atoms with Crippen LogP contribution in [-0.2, 0) is 21.4 Å². The van der Waals surface area contributed by atoms with E-state index in [1.54, 1.807) is 12.1 Å². The SMILES string of the molecule is COCc1nc(C2CC(NS(=O)(=O)c3ccc4nc[nH]c4c3)C2)cc(=O)[nH]1. The zero-order chi connectivity index (χ0) is 19.0. The van der Waals surface area contributed by atoms with Crippen molar-refractivity contribution >= 4 is 21.1 Å². The lowest BCUT2D eigenvalue weighted by Crippen LogP contribution is -2.43. The van der Waals surface area contributed by atoms with E-state index in [2.05, 4.69) is 24.7 Å². The molecule has 3 N–H and O–H groups in total. The maximum atomic E-state index is 12.6. The molecule has 142 valence electrons. The van der Waals surface area contributed by atoms with Crippen LogP contribution in [0.25, 0.3) is 11.0 Å². The van der Waals surface area contributed by atoms with E-state index >= 15 is 0 Å². The first-order chi connectivity index (χ1) is 12.9. The first kappa shape index (κ1) is 17.8. The molecule has 1 aliphatic carbocycles. The highest BCUT2D eigenvalue weighted by Crippen LogP contribution is 2.36. The lowest BCUT2D eigenvalue weighted by Gasteiger charge is -2.35. The quantitative estimate of drug-likeness (QED) is 0.577. The van der Waals surface area contributed by atoms with Crippen molar-refractivity contribution in [1.82, 2.24) is 24.7 Å². The summed E-state index contributed by atoms with van der Waals surface area (Å²) in [6.45, 7) is 0.224. The molecule has 27 heavy (non-hydrogen) atoms. The van der Waals surface area contributed by atoms with Gasteiger partial charge in [-0.2, -0.15) is 0 Å². The second-order valence-electron chi connectivity index (χ2n) is 6.62. The van der Waals surface area contributed by atoms with Gasteiger partial charge in [0.25, 0.3) is 5.56 Å². The molecule has 1 aromatic carbocycles. The molecule has 0 aliphatic heterocycles. The minimum Gasteiger partial charge on any atom is -0.377 e. The van der Waals surface area contributed by atoms with E-state index in [9.17, 15) is 13.2 Å². The number of ether oxygens (including phenoxy) is 1. The van der Waals surface area contributed by atoms with Gasteiger partial charge in [0, 0.05) is 25.1 Å². The molecular formula is C17H19N5O4S. The first-order valence-electron chi connectivity index (χ1n) is 8.49. The van der Waals surface area contributed by atoms with E-state index in [-0.39, 0.29) is 29.0 Å². The van der Waals surface area contributed by atoms with Crippen molar-refractivity contribution in [3.05, 3.63) is 52.5 Å². The fourth-order valence-electron chi connectivity index (χ4n) is 3.27. The molecule has 4 rings (SSSR count). The highest BCUT2D eigenvalue weighted by atomic mass is 32.2. The molecule has 0 spiro atoms. The number of nitrogens with zero attached hydrogens (tertiary/aromatic N) is 2. The van der Waals surface area contributed by atoms with Crippen molar-refractivity contribution in [3.63, 3.8) is 0 Å². The highest BCUT2D eigenvalue weighted by molar-refractivity contribution is 7.89. The van der Waals surface area contributed by atoms with Crippen molar-refractivity contribution in [2.45, 2.75) is 36.3 Å². The van der Waals surface area contributed by atoms with E-state index < -0.39 is 10.0 Å². The van der Waals surface area contributed by atoms with Crippen molar-refractivity contribution < 1.29 is 13.2 Å². The predicted octanol–water partition coefficient (Wildman–Crippen LogP) is 1.02. The van der Waals surface area contributed by atoms with Gasteiger partial charge in [0.15, 0.2) is 0 Å². The number of aromatic amines is 2. The standard InChI is InChI=1S/C17H19N5O4S/c1-26-8-16-20-14(7-17(23)21-16)10-4-11(5-10)22-27(24,25)12-2-3-13-15(6-12)19-9-18-13/h2-3,6-7,9-11,22H,4-5,8H2,1H3,(H,18,19)(H,20,21,23). The molecule has 1 saturated carbocycles. The van der Waals surface area contributed by atoms with E-state index in [0.29, 0.717) is 35.4 Å². The summed E-state index contributed by atoms with van der Waals surface area (Å²) >= 11 is 0. The average molecular weight is 389 g/mol. The van der Waals surface area contributed by atoms with Gasteiger partial charge in [0.05, 0.1) is 28.0 Å². The zero-order valence-electron chi connectivity index (χ0n) is 14.6. The Morgan fingerprint density at radius 1 is 1.30 bits per heavy atom. The lowest BCUT2D eigenvalue weighted by molar-refractivity contribution is 0.176. The van der Waals surface area contributed by atoms with Gasteiger partial charge < -0.3 is 14.7 Å². The molecule has 1 fully saturated rings.